The summed E-state index contributed by atoms with van der Waals surface area (Å²) in [7, 11) is 0. The number of aromatic nitrogens is 2. The van der Waals surface area contributed by atoms with Gasteiger partial charge < -0.3 is 9.73 Å². The van der Waals surface area contributed by atoms with Crippen LogP contribution < -0.4 is 5.32 Å². The maximum atomic E-state index is 12.5. The third kappa shape index (κ3) is 5.61. The van der Waals surface area contributed by atoms with Crippen molar-refractivity contribution in [3.63, 3.8) is 0 Å². The smallest absolute Gasteiger partial charge is 0.224 e. The number of hydrogen-bond acceptors (Lipinski definition) is 5. The average Bonchev–Trinajstić information content (AvgIpc) is 3.59. The molecule has 2 aromatic heterocycles. The van der Waals surface area contributed by atoms with Crippen LogP contribution in [0.25, 0.3) is 33.2 Å². The summed E-state index contributed by atoms with van der Waals surface area (Å²) in [5, 5.41) is 6.00. The third-order valence-corrected chi connectivity index (χ3v) is 6.86. The van der Waals surface area contributed by atoms with Gasteiger partial charge in [-0.15, -0.1) is 11.3 Å². The number of carbonyl (C=O) groups excluding carboxylic acids is 1. The first-order valence-electron chi connectivity index (χ1n) is 12.0. The highest BCUT2D eigenvalue weighted by atomic mass is 32.1. The molecule has 5 nitrogen and oxygen atoms in total. The molecule has 0 spiro atoms. The van der Waals surface area contributed by atoms with E-state index in [4.69, 9.17) is 9.40 Å². The van der Waals surface area contributed by atoms with Crippen LogP contribution in [0.3, 0.4) is 0 Å². The van der Waals surface area contributed by atoms with Crippen molar-refractivity contribution in [3.05, 3.63) is 102 Å². The Kier molecular flexibility index (Phi) is 7.05. The van der Waals surface area contributed by atoms with Crippen molar-refractivity contribution in [2.24, 2.45) is 0 Å². The van der Waals surface area contributed by atoms with Gasteiger partial charge in [0.1, 0.15) is 5.01 Å². The van der Waals surface area contributed by atoms with E-state index in [1.165, 1.54) is 5.56 Å². The monoisotopic (exact) mass is 493 g/mol. The van der Waals surface area contributed by atoms with Gasteiger partial charge in [-0.25, -0.2) is 9.97 Å². The fourth-order valence-corrected chi connectivity index (χ4v) is 4.71. The van der Waals surface area contributed by atoms with Gasteiger partial charge in [0.25, 0.3) is 0 Å². The van der Waals surface area contributed by atoms with Crippen LogP contribution in [0.4, 0.5) is 5.69 Å². The predicted octanol–water partition coefficient (Wildman–Crippen LogP) is 7.83. The lowest BCUT2D eigenvalue weighted by Crippen LogP contribution is -2.12. The minimum atomic E-state index is -0.0798. The summed E-state index contributed by atoms with van der Waals surface area (Å²) in [6, 6.07) is 26.2. The highest BCUT2D eigenvalue weighted by molar-refractivity contribution is 7.13. The Labute approximate surface area is 214 Å². The van der Waals surface area contributed by atoms with Gasteiger partial charge in [0.05, 0.1) is 11.9 Å². The number of rotatable bonds is 8. The van der Waals surface area contributed by atoms with E-state index in [9.17, 15) is 4.79 Å². The molecule has 0 unspecified atom stereocenters. The van der Waals surface area contributed by atoms with Crippen molar-refractivity contribution in [3.8, 4) is 33.2 Å². The highest BCUT2D eigenvalue weighted by Gasteiger charge is 2.11. The van der Waals surface area contributed by atoms with Gasteiger partial charge in [-0.05, 0) is 23.6 Å². The predicted molar refractivity (Wildman–Crippen MR) is 146 cm³/mol. The molecule has 0 aliphatic rings. The van der Waals surface area contributed by atoms with Crippen molar-refractivity contribution in [1.29, 1.82) is 0 Å². The van der Waals surface area contributed by atoms with Gasteiger partial charge in [-0.1, -0.05) is 80.6 Å². The van der Waals surface area contributed by atoms with E-state index < -0.39 is 0 Å². The van der Waals surface area contributed by atoms with Crippen LogP contribution in [0, 0.1) is 0 Å². The Morgan fingerprint density at radius 1 is 0.917 bits per heavy atom. The van der Waals surface area contributed by atoms with Gasteiger partial charge in [0.2, 0.25) is 5.91 Å². The van der Waals surface area contributed by atoms with E-state index in [0.717, 1.165) is 33.1 Å². The molecular weight excluding hydrogens is 466 g/mol. The van der Waals surface area contributed by atoms with Gasteiger partial charge in [0, 0.05) is 40.6 Å². The molecular formula is C30H27N3O2S. The molecule has 0 saturated heterocycles. The fourth-order valence-electron chi connectivity index (χ4n) is 3.88. The van der Waals surface area contributed by atoms with E-state index in [2.05, 4.69) is 53.8 Å². The molecule has 36 heavy (non-hydrogen) atoms. The zero-order valence-corrected chi connectivity index (χ0v) is 21.1. The highest BCUT2D eigenvalue weighted by Crippen LogP contribution is 2.29. The van der Waals surface area contributed by atoms with Gasteiger partial charge >= 0.3 is 0 Å². The molecule has 0 aliphatic heterocycles. The normalized spacial score (nSPS) is 11.1. The van der Waals surface area contributed by atoms with Crippen LogP contribution in [-0.4, -0.2) is 15.9 Å². The number of carbonyl (C=O) groups is 1. The molecule has 1 amide bonds. The summed E-state index contributed by atoms with van der Waals surface area (Å²) >= 11 is 1.62. The molecule has 0 radical (unpaired) electrons. The Bertz CT molecular complexity index is 1440. The van der Waals surface area contributed by atoms with Gasteiger partial charge in [-0.2, -0.15) is 0 Å². The van der Waals surface area contributed by atoms with Crippen LogP contribution >= 0.6 is 11.3 Å². The Morgan fingerprint density at radius 3 is 2.36 bits per heavy atom. The summed E-state index contributed by atoms with van der Waals surface area (Å²) in [5.74, 6) is 1.68. The number of anilines is 1. The SMILES string of the molecule is CC(C)c1ccc(-c2cnc(CCC(=O)Nc3ccc(-c4csc(-c5ccccc5)n4)cc3)o2)cc1. The number of nitrogens with one attached hydrogen (secondary N) is 1. The average molecular weight is 494 g/mol. The number of thiazole rings is 1. The summed E-state index contributed by atoms with van der Waals surface area (Å²) in [6.07, 6.45) is 2.45. The van der Waals surface area contributed by atoms with E-state index >= 15 is 0 Å². The molecule has 5 rings (SSSR count). The van der Waals surface area contributed by atoms with Crippen molar-refractivity contribution in [2.75, 3.05) is 5.32 Å². The van der Waals surface area contributed by atoms with E-state index in [0.29, 0.717) is 30.4 Å². The largest absolute Gasteiger partial charge is 0.441 e. The molecule has 3 aromatic carbocycles. The molecule has 0 atom stereocenters. The fraction of sp³-hybridized carbons (Fsp3) is 0.167. The van der Waals surface area contributed by atoms with Crippen LogP contribution in [0.1, 0.15) is 37.6 Å². The maximum Gasteiger partial charge on any atom is 0.224 e. The van der Waals surface area contributed by atoms with Gasteiger partial charge in [0.15, 0.2) is 11.7 Å². The second-order valence-corrected chi connectivity index (χ2v) is 9.78. The zero-order valence-electron chi connectivity index (χ0n) is 20.3. The summed E-state index contributed by atoms with van der Waals surface area (Å²) in [4.78, 5) is 21.6. The van der Waals surface area contributed by atoms with Crippen LogP contribution in [0.2, 0.25) is 0 Å². The van der Waals surface area contributed by atoms with E-state index in [1.807, 2.05) is 54.6 Å². The topological polar surface area (TPSA) is 68.0 Å². The van der Waals surface area contributed by atoms with Crippen molar-refractivity contribution >= 4 is 22.9 Å². The van der Waals surface area contributed by atoms with Crippen molar-refractivity contribution in [2.45, 2.75) is 32.6 Å². The third-order valence-electron chi connectivity index (χ3n) is 5.97. The quantitative estimate of drug-likeness (QED) is 0.239. The number of oxazole rings is 1. The molecule has 0 bridgehead atoms. The lowest BCUT2D eigenvalue weighted by molar-refractivity contribution is -0.116. The van der Waals surface area contributed by atoms with E-state index in [-0.39, 0.29) is 5.91 Å². The Morgan fingerprint density at radius 2 is 1.64 bits per heavy atom. The number of amides is 1. The summed E-state index contributed by atoms with van der Waals surface area (Å²) < 4.78 is 5.87. The summed E-state index contributed by atoms with van der Waals surface area (Å²) in [5.41, 5.74) is 6.07. The first-order chi connectivity index (χ1) is 17.5. The maximum absolute atomic E-state index is 12.5. The number of nitrogens with zero attached hydrogens (tertiary/aromatic N) is 2. The molecule has 0 fully saturated rings. The Hall–Kier alpha value is -4.03. The van der Waals surface area contributed by atoms with Gasteiger partial charge in [-0.3, -0.25) is 4.79 Å². The van der Waals surface area contributed by atoms with Crippen LogP contribution in [-0.2, 0) is 11.2 Å². The molecule has 180 valence electrons. The van der Waals surface area contributed by atoms with E-state index in [1.54, 1.807) is 17.5 Å². The minimum Gasteiger partial charge on any atom is -0.441 e. The lowest BCUT2D eigenvalue weighted by Gasteiger charge is -2.06. The second-order valence-electron chi connectivity index (χ2n) is 8.92. The van der Waals surface area contributed by atoms with Crippen molar-refractivity contribution < 1.29 is 9.21 Å². The molecule has 1 N–H and O–H groups in total. The van der Waals surface area contributed by atoms with Crippen LogP contribution in [0.15, 0.2) is 94.9 Å². The van der Waals surface area contributed by atoms with Crippen LogP contribution in [0.5, 0.6) is 0 Å². The first kappa shape index (κ1) is 23.7. The zero-order chi connectivity index (χ0) is 24.9. The second kappa shape index (κ2) is 10.7. The lowest BCUT2D eigenvalue weighted by atomic mass is 10.0. The molecule has 0 aliphatic carbocycles. The molecule has 5 aromatic rings. The minimum absolute atomic E-state index is 0.0798. The number of hydrogen-bond donors (Lipinski definition) is 1. The molecule has 6 heteroatoms. The summed E-state index contributed by atoms with van der Waals surface area (Å²) in [6.45, 7) is 4.34. The first-order valence-corrected chi connectivity index (χ1v) is 12.9. The van der Waals surface area contributed by atoms with Crippen molar-refractivity contribution in [1.82, 2.24) is 9.97 Å². The number of benzene rings is 3. The molecule has 0 saturated carbocycles. The molecule has 2 heterocycles. The standard InChI is InChI=1S/C30H27N3O2S/c1-20(2)21-8-10-23(11-9-21)27-18-31-29(35-27)17-16-28(34)32-25-14-12-22(13-15-25)26-19-36-30(33-26)24-6-4-3-5-7-24/h3-15,18-20H,16-17H2,1-2H3,(H,32,34). The number of aryl methyl sites for hydroxylation is 1. The Balaban J connectivity index is 1.15.